The van der Waals surface area contributed by atoms with Crippen LogP contribution < -0.4 is 5.32 Å². The fraction of sp³-hybridized carbons (Fsp3) is 0.333. The molecule has 8 heteroatoms. The monoisotopic (exact) mass is 278 g/mol. The number of hydrogen-bond acceptors (Lipinski definition) is 5. The van der Waals surface area contributed by atoms with Crippen LogP contribution in [-0.2, 0) is 11.2 Å². The molecule has 0 aliphatic carbocycles. The van der Waals surface area contributed by atoms with E-state index in [0.717, 1.165) is 11.3 Å². The maximum atomic E-state index is 11.7. The summed E-state index contributed by atoms with van der Waals surface area (Å²) in [5.74, 6) is -0.503. The van der Waals surface area contributed by atoms with Crippen molar-refractivity contribution in [3.63, 3.8) is 0 Å². The molecule has 3 N–H and O–H groups in total. The van der Waals surface area contributed by atoms with E-state index < -0.39 is 5.97 Å². The number of amides is 1. The minimum atomic E-state index is -1.13. The van der Waals surface area contributed by atoms with E-state index in [1.807, 2.05) is 6.92 Å². The maximum absolute atomic E-state index is 11.7. The fourth-order valence-electron chi connectivity index (χ4n) is 1.80. The second-order valence-electron chi connectivity index (χ2n) is 4.32. The van der Waals surface area contributed by atoms with Gasteiger partial charge in [-0.3, -0.25) is 9.89 Å². The molecule has 0 aromatic carbocycles. The van der Waals surface area contributed by atoms with Gasteiger partial charge >= 0.3 is 5.97 Å². The minimum absolute atomic E-state index is 0.0778. The van der Waals surface area contributed by atoms with E-state index in [2.05, 4.69) is 20.7 Å². The molecule has 2 rings (SSSR count). The molecular formula is C12H14N4O4. The lowest BCUT2D eigenvalue weighted by molar-refractivity contribution is -0.116. The van der Waals surface area contributed by atoms with Gasteiger partial charge in [0.25, 0.3) is 0 Å². The predicted molar refractivity (Wildman–Crippen MR) is 68.5 cm³/mol. The van der Waals surface area contributed by atoms with Gasteiger partial charge in [0.1, 0.15) is 11.5 Å². The van der Waals surface area contributed by atoms with Crippen molar-refractivity contribution in [1.82, 2.24) is 15.4 Å². The molecule has 106 valence electrons. The van der Waals surface area contributed by atoms with Crippen LogP contribution in [0, 0.1) is 13.8 Å². The molecule has 2 aromatic rings. The van der Waals surface area contributed by atoms with E-state index in [4.69, 9.17) is 9.63 Å². The van der Waals surface area contributed by atoms with E-state index >= 15 is 0 Å². The number of aromatic nitrogens is 3. The van der Waals surface area contributed by atoms with Crippen molar-refractivity contribution >= 4 is 17.7 Å². The highest BCUT2D eigenvalue weighted by molar-refractivity contribution is 5.92. The molecule has 0 saturated heterocycles. The van der Waals surface area contributed by atoms with Gasteiger partial charge in [-0.05, 0) is 20.3 Å². The largest absolute Gasteiger partial charge is 0.477 e. The number of carbonyl (C=O) groups excluding carboxylic acids is 1. The van der Waals surface area contributed by atoms with Crippen LogP contribution in [0.1, 0.15) is 33.9 Å². The molecule has 0 radical (unpaired) electrons. The van der Waals surface area contributed by atoms with Crippen molar-refractivity contribution in [2.45, 2.75) is 26.7 Å². The third-order valence-electron chi connectivity index (χ3n) is 2.86. The topological polar surface area (TPSA) is 121 Å². The number of carboxylic acids is 1. The molecule has 0 bridgehead atoms. The van der Waals surface area contributed by atoms with Gasteiger partial charge in [0.05, 0.1) is 5.69 Å². The minimum Gasteiger partial charge on any atom is -0.477 e. The van der Waals surface area contributed by atoms with E-state index in [0.29, 0.717) is 12.2 Å². The molecule has 2 aromatic heterocycles. The van der Waals surface area contributed by atoms with Crippen LogP contribution in [-0.4, -0.2) is 32.3 Å². The zero-order valence-corrected chi connectivity index (χ0v) is 11.1. The molecule has 0 aliphatic heterocycles. The summed E-state index contributed by atoms with van der Waals surface area (Å²) in [5, 5.41) is 21.1. The van der Waals surface area contributed by atoms with Gasteiger partial charge in [-0.2, -0.15) is 5.10 Å². The number of carbonyl (C=O) groups is 2. The summed E-state index contributed by atoms with van der Waals surface area (Å²) in [6.45, 7) is 3.61. The predicted octanol–water partition coefficient (Wildman–Crippen LogP) is 1.28. The lowest BCUT2D eigenvalue weighted by atomic mass is 10.1. The van der Waals surface area contributed by atoms with Gasteiger partial charge in [0.15, 0.2) is 5.82 Å². The second-order valence-corrected chi connectivity index (χ2v) is 4.32. The summed E-state index contributed by atoms with van der Waals surface area (Å²) in [7, 11) is 0. The second kappa shape index (κ2) is 5.55. The number of H-pyrrole nitrogens is 1. The van der Waals surface area contributed by atoms with E-state index in [1.54, 1.807) is 6.92 Å². The summed E-state index contributed by atoms with van der Waals surface area (Å²) < 4.78 is 5.01. The first kappa shape index (κ1) is 13.8. The third kappa shape index (κ3) is 3.02. The number of nitrogens with one attached hydrogen (secondary N) is 2. The molecule has 0 saturated carbocycles. The van der Waals surface area contributed by atoms with Gasteiger partial charge < -0.3 is 14.9 Å². The van der Waals surface area contributed by atoms with Gasteiger partial charge in [0, 0.05) is 18.1 Å². The van der Waals surface area contributed by atoms with Crippen LogP contribution in [0.3, 0.4) is 0 Å². The Morgan fingerprint density at radius 2 is 2.20 bits per heavy atom. The van der Waals surface area contributed by atoms with Crippen molar-refractivity contribution < 1.29 is 19.2 Å². The quantitative estimate of drug-likeness (QED) is 0.757. The standard InChI is InChI=1S/C12H14N4O4/c1-6-8(7(2)20-16-6)3-4-11(17)13-10-5-9(12(18)19)14-15-10/h5H,3-4H2,1-2H3,(H,18,19)(H2,13,14,15,17). The summed E-state index contributed by atoms with van der Waals surface area (Å²) in [6.07, 6.45) is 0.737. The first-order valence-corrected chi connectivity index (χ1v) is 5.97. The number of aryl methyl sites for hydroxylation is 2. The van der Waals surface area contributed by atoms with Crippen LogP contribution in [0.2, 0.25) is 0 Å². The Kier molecular flexibility index (Phi) is 3.83. The number of anilines is 1. The number of rotatable bonds is 5. The van der Waals surface area contributed by atoms with Crippen LogP contribution in [0.15, 0.2) is 10.6 Å². The Morgan fingerprint density at radius 3 is 2.75 bits per heavy atom. The Labute approximate surface area is 114 Å². The van der Waals surface area contributed by atoms with Gasteiger partial charge in [-0.25, -0.2) is 4.79 Å². The molecule has 0 atom stereocenters. The number of carboxylic acid groups (broad SMARTS) is 1. The Balaban J connectivity index is 1.91. The molecule has 2 heterocycles. The molecule has 20 heavy (non-hydrogen) atoms. The number of aromatic amines is 1. The first-order chi connectivity index (χ1) is 9.47. The van der Waals surface area contributed by atoms with Gasteiger partial charge in [0.2, 0.25) is 5.91 Å². The summed E-state index contributed by atoms with van der Waals surface area (Å²) in [6, 6.07) is 1.26. The van der Waals surface area contributed by atoms with E-state index in [-0.39, 0.29) is 23.8 Å². The fourth-order valence-corrected chi connectivity index (χ4v) is 1.80. The number of hydrogen-bond donors (Lipinski definition) is 3. The third-order valence-corrected chi connectivity index (χ3v) is 2.86. The molecule has 8 nitrogen and oxygen atoms in total. The van der Waals surface area contributed by atoms with Gasteiger partial charge in [-0.15, -0.1) is 0 Å². The molecule has 1 amide bonds. The Morgan fingerprint density at radius 1 is 1.45 bits per heavy atom. The molecule has 0 fully saturated rings. The van der Waals surface area contributed by atoms with Crippen molar-refractivity contribution in [1.29, 1.82) is 0 Å². The van der Waals surface area contributed by atoms with Crippen LogP contribution in [0.4, 0.5) is 5.82 Å². The van der Waals surface area contributed by atoms with Crippen molar-refractivity contribution in [3.8, 4) is 0 Å². The van der Waals surface area contributed by atoms with Gasteiger partial charge in [-0.1, -0.05) is 5.16 Å². The number of nitrogens with zero attached hydrogens (tertiary/aromatic N) is 2. The van der Waals surface area contributed by atoms with Crippen LogP contribution >= 0.6 is 0 Å². The highest BCUT2D eigenvalue weighted by Gasteiger charge is 2.13. The smallest absolute Gasteiger partial charge is 0.353 e. The molecule has 0 unspecified atom stereocenters. The average molecular weight is 278 g/mol. The molecule has 0 spiro atoms. The lowest BCUT2D eigenvalue weighted by Crippen LogP contribution is -2.13. The zero-order chi connectivity index (χ0) is 14.7. The summed E-state index contributed by atoms with van der Waals surface area (Å²) in [5.41, 5.74) is 1.60. The van der Waals surface area contributed by atoms with E-state index in [1.165, 1.54) is 6.07 Å². The average Bonchev–Trinajstić information content (AvgIpc) is 2.96. The maximum Gasteiger partial charge on any atom is 0.353 e. The Bertz CT molecular complexity index is 624. The normalized spacial score (nSPS) is 10.5. The molecular weight excluding hydrogens is 264 g/mol. The highest BCUT2D eigenvalue weighted by atomic mass is 16.5. The van der Waals surface area contributed by atoms with E-state index in [9.17, 15) is 9.59 Å². The van der Waals surface area contributed by atoms with Crippen molar-refractivity contribution in [2.24, 2.45) is 0 Å². The Hall–Kier alpha value is -2.64. The zero-order valence-electron chi connectivity index (χ0n) is 11.1. The SMILES string of the molecule is Cc1noc(C)c1CCC(=O)Nc1cc(C(=O)O)[nH]n1. The van der Waals surface area contributed by atoms with Crippen LogP contribution in [0.25, 0.3) is 0 Å². The summed E-state index contributed by atoms with van der Waals surface area (Å²) >= 11 is 0. The molecule has 0 aliphatic rings. The highest BCUT2D eigenvalue weighted by Crippen LogP contribution is 2.15. The lowest BCUT2D eigenvalue weighted by Gasteiger charge is -2.01. The van der Waals surface area contributed by atoms with Crippen LogP contribution in [0.5, 0.6) is 0 Å². The summed E-state index contributed by atoms with van der Waals surface area (Å²) in [4.78, 5) is 22.4. The number of aromatic carboxylic acids is 1. The first-order valence-electron chi connectivity index (χ1n) is 5.97. The van der Waals surface area contributed by atoms with Crippen molar-refractivity contribution in [3.05, 3.63) is 28.8 Å². The van der Waals surface area contributed by atoms with Crippen molar-refractivity contribution in [2.75, 3.05) is 5.32 Å².